The van der Waals surface area contributed by atoms with Gasteiger partial charge in [-0.1, -0.05) is 30.3 Å². The van der Waals surface area contributed by atoms with E-state index in [2.05, 4.69) is 17.4 Å². The largest absolute Gasteiger partial charge is 0.464 e. The van der Waals surface area contributed by atoms with Crippen molar-refractivity contribution in [2.24, 2.45) is 0 Å². The maximum absolute atomic E-state index is 10.8. The van der Waals surface area contributed by atoms with Crippen LogP contribution in [0.25, 0.3) is 0 Å². The van der Waals surface area contributed by atoms with E-state index >= 15 is 0 Å². The Bertz CT molecular complexity index is 310. The third kappa shape index (κ3) is 2.33. The van der Waals surface area contributed by atoms with E-state index in [9.17, 15) is 4.79 Å². The summed E-state index contributed by atoms with van der Waals surface area (Å²) in [5, 5.41) is 3.28. The maximum Gasteiger partial charge on any atom is 0.307 e. The summed E-state index contributed by atoms with van der Waals surface area (Å²) in [7, 11) is 0. The number of nitrogens with one attached hydrogen (secondary N) is 1. The van der Waals surface area contributed by atoms with Crippen LogP contribution in [-0.4, -0.2) is 18.6 Å². The molecule has 1 aliphatic rings. The summed E-state index contributed by atoms with van der Waals surface area (Å²) in [6.07, 6.45) is 0.493. The zero-order valence-corrected chi connectivity index (χ0v) is 7.90. The summed E-state index contributed by atoms with van der Waals surface area (Å²) in [4.78, 5) is 10.8. The second kappa shape index (κ2) is 4.24. The lowest BCUT2D eigenvalue weighted by atomic mass is 10.2. The van der Waals surface area contributed by atoms with Crippen molar-refractivity contribution in [3.8, 4) is 0 Å². The summed E-state index contributed by atoms with van der Waals surface area (Å²) in [6.45, 7) is 1.30. The van der Waals surface area contributed by atoms with Crippen LogP contribution in [-0.2, 0) is 16.1 Å². The Morgan fingerprint density at radius 1 is 1.36 bits per heavy atom. The van der Waals surface area contributed by atoms with Gasteiger partial charge in [0.1, 0.15) is 6.61 Å². The molecule has 1 aliphatic heterocycles. The molecule has 1 saturated heterocycles. The zero-order chi connectivity index (χ0) is 9.80. The van der Waals surface area contributed by atoms with E-state index in [4.69, 9.17) is 4.74 Å². The highest BCUT2D eigenvalue weighted by atomic mass is 16.5. The van der Waals surface area contributed by atoms with E-state index in [1.165, 1.54) is 5.56 Å². The van der Waals surface area contributed by atoms with Gasteiger partial charge in [-0.2, -0.15) is 0 Å². The van der Waals surface area contributed by atoms with E-state index < -0.39 is 0 Å². The Hall–Kier alpha value is -1.35. The summed E-state index contributed by atoms with van der Waals surface area (Å²) in [5.74, 6) is -0.101. The Kier molecular flexibility index (Phi) is 2.79. The molecule has 3 heteroatoms. The van der Waals surface area contributed by atoms with Crippen LogP contribution in [0.3, 0.4) is 0 Å². The van der Waals surface area contributed by atoms with E-state index in [1.807, 2.05) is 18.2 Å². The van der Waals surface area contributed by atoms with Crippen LogP contribution in [0.15, 0.2) is 30.3 Å². The van der Waals surface area contributed by atoms with Crippen LogP contribution in [0.4, 0.5) is 0 Å². The molecule has 1 N–H and O–H groups in total. The first kappa shape index (κ1) is 9.21. The molecule has 0 aromatic heterocycles. The average molecular weight is 191 g/mol. The highest BCUT2D eigenvalue weighted by molar-refractivity contribution is 5.72. The molecule has 0 bridgehead atoms. The Balaban J connectivity index is 1.80. The van der Waals surface area contributed by atoms with E-state index in [1.54, 1.807) is 0 Å². The van der Waals surface area contributed by atoms with Crippen LogP contribution < -0.4 is 5.32 Å². The molecule has 0 spiro atoms. The molecule has 1 atom stereocenters. The Morgan fingerprint density at radius 3 is 2.79 bits per heavy atom. The van der Waals surface area contributed by atoms with Gasteiger partial charge in [-0.3, -0.25) is 4.79 Å². The van der Waals surface area contributed by atoms with Gasteiger partial charge in [-0.05, 0) is 5.56 Å². The molecular formula is C11H13NO2. The van der Waals surface area contributed by atoms with E-state index in [-0.39, 0.29) is 12.0 Å². The Morgan fingerprint density at radius 2 is 2.14 bits per heavy atom. The molecule has 0 amide bonds. The van der Waals surface area contributed by atoms with E-state index in [0.29, 0.717) is 13.0 Å². The van der Waals surface area contributed by atoms with Crippen LogP contribution in [0.5, 0.6) is 0 Å². The molecule has 1 aromatic carbocycles. The van der Waals surface area contributed by atoms with Crippen molar-refractivity contribution in [3.63, 3.8) is 0 Å². The summed E-state index contributed by atoms with van der Waals surface area (Å²) in [6, 6.07) is 10.3. The highest BCUT2D eigenvalue weighted by Gasteiger charge is 2.22. The third-order valence-electron chi connectivity index (χ3n) is 2.30. The first-order chi connectivity index (χ1) is 6.84. The van der Waals surface area contributed by atoms with Gasteiger partial charge in [-0.15, -0.1) is 0 Å². The molecule has 1 fully saturated rings. The number of hydrogen-bond donors (Lipinski definition) is 1. The van der Waals surface area contributed by atoms with Crippen molar-refractivity contribution in [1.29, 1.82) is 0 Å². The quantitative estimate of drug-likeness (QED) is 0.727. The van der Waals surface area contributed by atoms with Crippen molar-refractivity contribution in [2.45, 2.75) is 19.0 Å². The number of benzene rings is 1. The normalized spacial score (nSPS) is 20.9. The van der Waals surface area contributed by atoms with Crippen molar-refractivity contribution in [3.05, 3.63) is 35.9 Å². The first-order valence-electron chi connectivity index (χ1n) is 4.77. The molecule has 1 aromatic rings. The van der Waals surface area contributed by atoms with Gasteiger partial charge in [0, 0.05) is 6.54 Å². The number of rotatable bonds is 3. The van der Waals surface area contributed by atoms with Gasteiger partial charge in [-0.25, -0.2) is 0 Å². The Labute approximate surface area is 83.1 Å². The zero-order valence-electron chi connectivity index (χ0n) is 7.90. The van der Waals surface area contributed by atoms with Crippen LogP contribution in [0.2, 0.25) is 0 Å². The summed E-state index contributed by atoms with van der Waals surface area (Å²) >= 11 is 0. The number of carbonyl (C=O) groups is 1. The lowest BCUT2D eigenvalue weighted by Crippen LogP contribution is -2.28. The lowest BCUT2D eigenvalue weighted by molar-refractivity contribution is -0.137. The molecule has 74 valence electrons. The predicted molar refractivity (Wildman–Crippen MR) is 52.6 cm³/mol. The minimum atomic E-state index is -0.101. The monoisotopic (exact) mass is 191 g/mol. The van der Waals surface area contributed by atoms with Crippen molar-refractivity contribution >= 4 is 5.97 Å². The third-order valence-corrected chi connectivity index (χ3v) is 2.30. The number of esters is 1. The lowest BCUT2D eigenvalue weighted by Gasteiger charge is -2.08. The van der Waals surface area contributed by atoms with Crippen molar-refractivity contribution < 1.29 is 9.53 Å². The number of carbonyl (C=O) groups excluding carboxylic acids is 1. The minimum absolute atomic E-state index is 0.101. The summed E-state index contributed by atoms with van der Waals surface area (Å²) < 4.78 is 4.85. The fraction of sp³-hybridized carbons (Fsp3) is 0.364. The number of hydrogen-bond acceptors (Lipinski definition) is 3. The van der Waals surface area contributed by atoms with Gasteiger partial charge in [0.15, 0.2) is 0 Å². The van der Waals surface area contributed by atoms with Gasteiger partial charge >= 0.3 is 5.97 Å². The molecule has 0 aliphatic carbocycles. The second-order valence-electron chi connectivity index (χ2n) is 3.45. The van der Waals surface area contributed by atoms with Crippen LogP contribution in [0.1, 0.15) is 12.0 Å². The topological polar surface area (TPSA) is 38.3 Å². The van der Waals surface area contributed by atoms with Gasteiger partial charge in [0.2, 0.25) is 0 Å². The fourth-order valence-electron chi connectivity index (χ4n) is 1.50. The van der Waals surface area contributed by atoms with Gasteiger partial charge < -0.3 is 10.1 Å². The molecular weight excluding hydrogens is 178 g/mol. The van der Waals surface area contributed by atoms with Gasteiger partial charge in [0.25, 0.3) is 0 Å². The van der Waals surface area contributed by atoms with E-state index in [0.717, 1.165) is 6.54 Å². The standard InChI is InChI=1S/C11H13NO2/c13-11-6-10(8-14-11)12-7-9-4-2-1-3-5-9/h1-5,10,12H,6-8H2/t10-/m1/s1. The smallest absolute Gasteiger partial charge is 0.307 e. The molecule has 1 heterocycles. The molecule has 0 saturated carbocycles. The van der Waals surface area contributed by atoms with Crippen molar-refractivity contribution in [2.75, 3.05) is 6.61 Å². The van der Waals surface area contributed by atoms with Crippen LogP contribution >= 0.6 is 0 Å². The molecule has 3 nitrogen and oxygen atoms in total. The average Bonchev–Trinajstić information content (AvgIpc) is 2.63. The van der Waals surface area contributed by atoms with Crippen molar-refractivity contribution in [1.82, 2.24) is 5.32 Å². The number of cyclic esters (lactones) is 1. The first-order valence-corrected chi connectivity index (χ1v) is 4.77. The number of ether oxygens (including phenoxy) is 1. The molecule has 0 radical (unpaired) electrons. The fourth-order valence-corrected chi connectivity index (χ4v) is 1.50. The second-order valence-corrected chi connectivity index (χ2v) is 3.45. The molecule has 0 unspecified atom stereocenters. The summed E-state index contributed by atoms with van der Waals surface area (Å²) in [5.41, 5.74) is 1.23. The molecule has 14 heavy (non-hydrogen) atoms. The van der Waals surface area contributed by atoms with Crippen LogP contribution in [0, 0.1) is 0 Å². The van der Waals surface area contributed by atoms with Gasteiger partial charge in [0.05, 0.1) is 12.5 Å². The maximum atomic E-state index is 10.8. The highest BCUT2D eigenvalue weighted by Crippen LogP contribution is 2.06. The minimum Gasteiger partial charge on any atom is -0.464 e. The SMILES string of the molecule is O=C1C[C@@H](NCc2ccccc2)CO1. The molecule has 2 rings (SSSR count). The predicted octanol–water partition coefficient (Wildman–Crippen LogP) is 1.09.